The predicted molar refractivity (Wildman–Crippen MR) is 191 cm³/mol. The number of carbonyl (C=O) groups excluding carboxylic acids is 2. The van der Waals surface area contributed by atoms with Gasteiger partial charge in [-0.2, -0.15) is 0 Å². The van der Waals surface area contributed by atoms with Gasteiger partial charge < -0.3 is 35.4 Å². The third-order valence-corrected chi connectivity index (χ3v) is 7.94. The van der Waals surface area contributed by atoms with Crippen LogP contribution in [0.25, 0.3) is 0 Å². The van der Waals surface area contributed by atoms with E-state index in [4.69, 9.17) is 19.9 Å². The van der Waals surface area contributed by atoms with Gasteiger partial charge in [-0.3, -0.25) is 14.5 Å². The van der Waals surface area contributed by atoms with E-state index in [2.05, 4.69) is 24.5 Å². The Labute approximate surface area is 288 Å². The lowest BCUT2D eigenvalue weighted by Crippen LogP contribution is -2.50. The third-order valence-electron chi connectivity index (χ3n) is 7.94. The van der Waals surface area contributed by atoms with Gasteiger partial charge in [-0.15, -0.1) is 0 Å². The molecule has 268 valence electrons. The summed E-state index contributed by atoms with van der Waals surface area (Å²) < 4.78 is 5.27. The second-order valence-corrected chi connectivity index (χ2v) is 11.6. The number of carboxylic acid groups (broad SMARTS) is 1. The molecule has 48 heavy (non-hydrogen) atoms. The predicted octanol–water partition coefficient (Wildman–Crippen LogP) is 5.37. The number of likely N-dealkylation sites (tertiary alicyclic amines) is 1. The van der Waals surface area contributed by atoms with Gasteiger partial charge in [-0.25, -0.2) is 4.79 Å². The number of hydrogen-bond acceptors (Lipinski definition) is 7. The second-order valence-electron chi connectivity index (χ2n) is 11.6. The highest BCUT2D eigenvalue weighted by molar-refractivity contribution is 6.41. The van der Waals surface area contributed by atoms with Crippen LogP contribution in [0.15, 0.2) is 48.5 Å². The van der Waals surface area contributed by atoms with Crippen LogP contribution in [0.5, 0.6) is 5.75 Å². The molecular formula is C36H59BN4O7. The minimum Gasteiger partial charge on any atom is -0.496 e. The SMILES string of the molecule is CC.CCCCCCCCC.COc1ccccc1CNCC(=O)N1CCCC1C(=O)NCB(O)O.O=C(O)N1Cc2ccccc2C1. The van der Waals surface area contributed by atoms with Crippen LogP contribution < -0.4 is 15.4 Å². The standard InChI is InChI=1S/C16H24BN3O5.C9H9NO2.C9H20.C2H6/c1-25-14-7-3-2-5-12(14)9-18-10-15(21)20-8-4-6-13(20)16(22)19-11-17(23)24;11-9(12)10-5-7-3-1-2-4-8(7)6-10;1-3-5-7-9-8-6-4-2;1-2/h2-3,5,7,13,18,23-24H,4,6,8-11H2,1H3,(H,19,22);1-4H,5-6H2,(H,11,12);3-9H2,1-2H3;1-2H3. The van der Waals surface area contributed by atoms with Crippen molar-refractivity contribution in [3.05, 3.63) is 65.2 Å². The molecule has 0 aromatic heterocycles. The Bertz CT molecular complexity index is 1170. The molecule has 11 nitrogen and oxygen atoms in total. The van der Waals surface area contributed by atoms with Crippen LogP contribution in [0.4, 0.5) is 4.79 Å². The van der Waals surface area contributed by atoms with E-state index in [0.29, 0.717) is 32.6 Å². The molecule has 0 radical (unpaired) electrons. The summed E-state index contributed by atoms with van der Waals surface area (Å²) >= 11 is 0. The number of nitrogens with zero attached hydrogens (tertiary/aromatic N) is 2. The lowest BCUT2D eigenvalue weighted by Gasteiger charge is -2.24. The maximum atomic E-state index is 12.4. The van der Waals surface area contributed by atoms with Crippen molar-refractivity contribution < 1.29 is 34.3 Å². The van der Waals surface area contributed by atoms with Gasteiger partial charge in [0.2, 0.25) is 11.8 Å². The van der Waals surface area contributed by atoms with Crippen molar-refractivity contribution in [1.29, 1.82) is 0 Å². The molecule has 0 saturated carbocycles. The third kappa shape index (κ3) is 16.0. The number of amides is 3. The number of benzene rings is 2. The summed E-state index contributed by atoms with van der Waals surface area (Å²) in [6.07, 6.45) is 10.2. The zero-order valence-corrected chi connectivity index (χ0v) is 29.7. The molecule has 2 aromatic carbocycles. The summed E-state index contributed by atoms with van der Waals surface area (Å²) in [5.74, 6) is 0.240. The Morgan fingerprint density at radius 3 is 2.00 bits per heavy atom. The van der Waals surface area contributed by atoms with E-state index >= 15 is 0 Å². The Morgan fingerprint density at radius 1 is 0.896 bits per heavy atom. The van der Waals surface area contributed by atoms with E-state index in [1.54, 1.807) is 7.11 Å². The van der Waals surface area contributed by atoms with Crippen molar-refractivity contribution >= 4 is 25.0 Å². The number of ether oxygens (including phenoxy) is 1. The van der Waals surface area contributed by atoms with Crippen LogP contribution in [0.2, 0.25) is 0 Å². The molecule has 1 fully saturated rings. The molecule has 2 aromatic rings. The summed E-state index contributed by atoms with van der Waals surface area (Å²) in [6.45, 7) is 10.7. The number of unbranched alkanes of at least 4 members (excludes halogenated alkanes) is 6. The molecule has 12 heteroatoms. The highest BCUT2D eigenvalue weighted by Gasteiger charge is 2.34. The molecule has 1 unspecified atom stereocenters. The van der Waals surface area contributed by atoms with E-state index in [1.165, 1.54) is 54.7 Å². The molecule has 0 bridgehead atoms. The Kier molecular flexibility index (Phi) is 22.5. The normalized spacial score (nSPS) is 14.3. The number of hydrogen-bond donors (Lipinski definition) is 5. The van der Waals surface area contributed by atoms with E-state index < -0.39 is 19.3 Å². The monoisotopic (exact) mass is 670 g/mol. The molecule has 5 N–H and O–H groups in total. The quantitative estimate of drug-likeness (QED) is 0.133. The molecule has 2 heterocycles. The molecule has 0 spiro atoms. The molecule has 1 saturated heterocycles. The van der Waals surface area contributed by atoms with Gasteiger partial charge in [0, 0.05) is 31.7 Å². The number of nitrogens with one attached hydrogen (secondary N) is 2. The fourth-order valence-corrected chi connectivity index (χ4v) is 5.40. The number of para-hydroxylation sites is 1. The summed E-state index contributed by atoms with van der Waals surface area (Å²) in [6, 6.07) is 14.8. The maximum absolute atomic E-state index is 12.4. The van der Waals surface area contributed by atoms with Gasteiger partial charge in [0.15, 0.2) is 0 Å². The molecule has 2 aliphatic rings. The first kappa shape index (κ1) is 42.4. The van der Waals surface area contributed by atoms with Crippen molar-refractivity contribution in [2.75, 3.05) is 26.6 Å². The minimum absolute atomic E-state index is 0.116. The van der Waals surface area contributed by atoms with E-state index in [0.717, 1.165) is 28.9 Å². The van der Waals surface area contributed by atoms with Crippen molar-refractivity contribution in [2.45, 2.75) is 111 Å². The first-order chi connectivity index (χ1) is 23.2. The number of rotatable bonds is 14. The highest BCUT2D eigenvalue weighted by Crippen LogP contribution is 2.22. The largest absolute Gasteiger partial charge is 0.496 e. The zero-order valence-electron chi connectivity index (χ0n) is 29.7. The highest BCUT2D eigenvalue weighted by atomic mass is 16.5. The first-order valence-corrected chi connectivity index (χ1v) is 17.5. The summed E-state index contributed by atoms with van der Waals surface area (Å²) in [5, 5.41) is 31.9. The van der Waals surface area contributed by atoms with Gasteiger partial charge in [-0.1, -0.05) is 115 Å². The molecule has 2 aliphatic heterocycles. The summed E-state index contributed by atoms with van der Waals surface area (Å²) in [7, 11) is -0.00202. The van der Waals surface area contributed by atoms with E-state index in [1.807, 2.05) is 62.4 Å². The van der Waals surface area contributed by atoms with Gasteiger partial charge >= 0.3 is 13.2 Å². The van der Waals surface area contributed by atoms with E-state index in [-0.39, 0.29) is 24.8 Å². The minimum atomic E-state index is -1.60. The molecule has 1 atom stereocenters. The molecule has 0 aliphatic carbocycles. The van der Waals surface area contributed by atoms with Gasteiger partial charge in [0.1, 0.15) is 11.8 Å². The summed E-state index contributed by atoms with van der Waals surface area (Å²) in [5.41, 5.74) is 3.20. The topological polar surface area (TPSA) is 152 Å². The lowest BCUT2D eigenvalue weighted by atomic mass is 9.92. The lowest BCUT2D eigenvalue weighted by molar-refractivity contribution is -0.137. The van der Waals surface area contributed by atoms with Crippen LogP contribution in [-0.2, 0) is 29.2 Å². The average molecular weight is 671 g/mol. The van der Waals surface area contributed by atoms with Gasteiger partial charge in [0.25, 0.3) is 0 Å². The van der Waals surface area contributed by atoms with Crippen LogP contribution in [0.3, 0.4) is 0 Å². The molecule has 3 amide bonds. The second kappa shape index (κ2) is 25.4. The van der Waals surface area contributed by atoms with Crippen molar-refractivity contribution in [3.8, 4) is 5.75 Å². The summed E-state index contributed by atoms with van der Waals surface area (Å²) in [4.78, 5) is 38.0. The Hall–Kier alpha value is -3.61. The van der Waals surface area contributed by atoms with E-state index in [9.17, 15) is 14.4 Å². The first-order valence-electron chi connectivity index (χ1n) is 17.5. The van der Waals surface area contributed by atoms with Gasteiger partial charge in [0.05, 0.1) is 20.1 Å². The van der Waals surface area contributed by atoms with Crippen molar-refractivity contribution in [3.63, 3.8) is 0 Å². The van der Waals surface area contributed by atoms with Crippen LogP contribution in [0.1, 0.15) is 102 Å². The molecule has 4 rings (SSSR count). The zero-order chi connectivity index (χ0) is 35.7. The Balaban J connectivity index is 0.000000412. The number of fused-ring (bicyclic) bond motifs is 1. The van der Waals surface area contributed by atoms with Crippen molar-refractivity contribution in [2.24, 2.45) is 0 Å². The maximum Gasteiger partial charge on any atom is 0.472 e. The number of methoxy groups -OCH3 is 1. The fraction of sp³-hybridized carbons (Fsp3) is 0.583. The average Bonchev–Trinajstić information content (AvgIpc) is 3.77. The molecular weight excluding hydrogens is 611 g/mol. The van der Waals surface area contributed by atoms with Crippen LogP contribution >= 0.6 is 0 Å². The smallest absolute Gasteiger partial charge is 0.472 e. The Morgan fingerprint density at radius 2 is 1.46 bits per heavy atom. The van der Waals surface area contributed by atoms with Crippen LogP contribution in [0, 0.1) is 0 Å². The van der Waals surface area contributed by atoms with Gasteiger partial charge in [-0.05, 0) is 30.0 Å². The fourth-order valence-electron chi connectivity index (χ4n) is 5.40. The number of carbonyl (C=O) groups is 3. The van der Waals surface area contributed by atoms with Crippen molar-refractivity contribution in [1.82, 2.24) is 20.4 Å². The van der Waals surface area contributed by atoms with Crippen LogP contribution in [-0.4, -0.2) is 82.7 Å².